The first-order valence-electron chi connectivity index (χ1n) is 6.84. The van der Waals surface area contributed by atoms with Crippen molar-refractivity contribution >= 4 is 34.8 Å². The van der Waals surface area contributed by atoms with Crippen molar-refractivity contribution in [2.45, 2.75) is 12.8 Å². The summed E-state index contributed by atoms with van der Waals surface area (Å²) in [4.78, 5) is 26.6. The summed E-state index contributed by atoms with van der Waals surface area (Å²) >= 11 is 7.25. The molecule has 2 atom stereocenters. The van der Waals surface area contributed by atoms with Gasteiger partial charge in [-0.15, -0.1) is 11.3 Å². The van der Waals surface area contributed by atoms with E-state index < -0.39 is 11.4 Å². The largest absolute Gasteiger partial charge is 0.481 e. The fourth-order valence-electron chi connectivity index (χ4n) is 3.20. The van der Waals surface area contributed by atoms with Crippen molar-refractivity contribution in [3.8, 4) is 0 Å². The number of carboxylic acid groups (broad SMARTS) is 1. The van der Waals surface area contributed by atoms with Gasteiger partial charge in [-0.25, -0.2) is 0 Å². The van der Waals surface area contributed by atoms with Gasteiger partial charge < -0.3 is 14.7 Å². The topological polar surface area (TPSA) is 66.8 Å². The number of likely N-dealkylation sites (tertiary alicyclic amines) is 1. The maximum Gasteiger partial charge on any atom is 0.311 e. The molecule has 0 radical (unpaired) electrons. The van der Waals surface area contributed by atoms with Gasteiger partial charge in [-0.1, -0.05) is 11.6 Å². The first kappa shape index (κ1) is 14.8. The van der Waals surface area contributed by atoms with Crippen LogP contribution >= 0.6 is 22.9 Å². The number of rotatable bonds is 3. The Hall–Kier alpha value is -1.11. The van der Waals surface area contributed by atoms with Crippen molar-refractivity contribution in [2.75, 3.05) is 26.3 Å². The van der Waals surface area contributed by atoms with E-state index in [1.54, 1.807) is 11.0 Å². The monoisotopic (exact) mass is 329 g/mol. The molecular weight excluding hydrogens is 314 g/mol. The van der Waals surface area contributed by atoms with Gasteiger partial charge in [0.15, 0.2) is 0 Å². The number of fused-ring (bicyclic) bond motifs is 1. The van der Waals surface area contributed by atoms with Gasteiger partial charge >= 0.3 is 5.97 Å². The second kappa shape index (κ2) is 5.59. The highest BCUT2D eigenvalue weighted by Crippen LogP contribution is 2.42. The van der Waals surface area contributed by atoms with Gasteiger partial charge in [-0.05, 0) is 18.6 Å². The average Bonchev–Trinajstić information content (AvgIpc) is 3.03. The minimum Gasteiger partial charge on any atom is -0.481 e. The molecule has 1 aromatic rings. The Morgan fingerprint density at radius 3 is 2.95 bits per heavy atom. The van der Waals surface area contributed by atoms with E-state index in [2.05, 4.69) is 0 Å². The van der Waals surface area contributed by atoms with E-state index in [0.717, 1.165) is 4.88 Å². The molecular formula is C14H16ClNO4S. The smallest absolute Gasteiger partial charge is 0.311 e. The van der Waals surface area contributed by atoms with Crippen LogP contribution in [-0.4, -0.2) is 48.2 Å². The zero-order valence-corrected chi connectivity index (χ0v) is 13.0. The fraction of sp³-hybridized carbons (Fsp3) is 0.571. The summed E-state index contributed by atoms with van der Waals surface area (Å²) in [5.41, 5.74) is -0.832. The fourth-order valence-corrected chi connectivity index (χ4v) is 4.28. The number of carbonyl (C=O) groups excluding carboxylic acids is 1. The van der Waals surface area contributed by atoms with Crippen LogP contribution in [0.4, 0.5) is 0 Å². The number of hydrogen-bond donors (Lipinski definition) is 1. The molecule has 1 aromatic heterocycles. The van der Waals surface area contributed by atoms with Crippen molar-refractivity contribution in [2.24, 2.45) is 11.3 Å². The van der Waals surface area contributed by atoms with Gasteiger partial charge in [0.1, 0.15) is 0 Å². The third-order valence-electron chi connectivity index (χ3n) is 4.44. The SMILES string of the molecule is O=C(Cc1ccc(Cl)s1)N1C[C@H]2COCC[C@@]2(C(=O)O)C1. The lowest BCUT2D eigenvalue weighted by atomic mass is 9.74. The first-order valence-corrected chi connectivity index (χ1v) is 8.04. The summed E-state index contributed by atoms with van der Waals surface area (Å²) in [6.45, 7) is 1.62. The molecule has 0 aliphatic carbocycles. The number of hydrogen-bond acceptors (Lipinski definition) is 4. The normalized spacial score (nSPS) is 28.4. The van der Waals surface area contributed by atoms with Crippen molar-refractivity contribution in [3.05, 3.63) is 21.3 Å². The van der Waals surface area contributed by atoms with Crippen molar-refractivity contribution in [1.82, 2.24) is 4.90 Å². The number of ether oxygens (including phenoxy) is 1. The predicted molar refractivity (Wildman–Crippen MR) is 78.6 cm³/mol. The quantitative estimate of drug-likeness (QED) is 0.919. The molecule has 5 nitrogen and oxygen atoms in total. The van der Waals surface area contributed by atoms with Crippen LogP contribution < -0.4 is 0 Å². The van der Waals surface area contributed by atoms with Crippen LogP contribution in [0.5, 0.6) is 0 Å². The Balaban J connectivity index is 1.72. The summed E-state index contributed by atoms with van der Waals surface area (Å²) in [6.07, 6.45) is 0.752. The van der Waals surface area contributed by atoms with Gasteiger partial charge in [-0.2, -0.15) is 0 Å². The summed E-state index contributed by atoms with van der Waals surface area (Å²) in [6, 6.07) is 3.61. The molecule has 0 spiro atoms. The zero-order valence-electron chi connectivity index (χ0n) is 11.4. The second-order valence-electron chi connectivity index (χ2n) is 5.64. The lowest BCUT2D eigenvalue weighted by Gasteiger charge is -2.33. The van der Waals surface area contributed by atoms with E-state index in [4.69, 9.17) is 16.3 Å². The van der Waals surface area contributed by atoms with E-state index in [1.165, 1.54) is 11.3 Å². The number of carboxylic acids is 1. The van der Waals surface area contributed by atoms with Crippen molar-refractivity contribution in [3.63, 3.8) is 0 Å². The highest BCUT2D eigenvalue weighted by atomic mass is 35.5. The highest BCUT2D eigenvalue weighted by Gasteiger charge is 2.54. The standard InChI is InChI=1S/C14H16ClNO4S/c15-11-2-1-10(21-11)5-12(17)16-6-9-7-20-4-3-14(9,8-16)13(18)19/h1-2,9H,3-8H2,(H,18,19)/t9-,14+/m0/s1. The Morgan fingerprint density at radius 2 is 2.33 bits per heavy atom. The molecule has 0 unspecified atom stereocenters. The van der Waals surface area contributed by atoms with Crippen LogP contribution in [0, 0.1) is 11.3 Å². The van der Waals surface area contributed by atoms with E-state index in [0.29, 0.717) is 30.5 Å². The van der Waals surface area contributed by atoms with Crippen LogP contribution in [-0.2, 0) is 20.7 Å². The molecule has 21 heavy (non-hydrogen) atoms. The molecule has 3 heterocycles. The number of halogens is 1. The second-order valence-corrected chi connectivity index (χ2v) is 7.44. The van der Waals surface area contributed by atoms with E-state index >= 15 is 0 Å². The maximum atomic E-state index is 12.4. The molecule has 3 rings (SSSR count). The minimum absolute atomic E-state index is 0.0384. The van der Waals surface area contributed by atoms with Gasteiger partial charge in [0.2, 0.25) is 5.91 Å². The molecule has 2 aliphatic heterocycles. The van der Waals surface area contributed by atoms with Crippen LogP contribution in [0.2, 0.25) is 4.34 Å². The van der Waals surface area contributed by atoms with Crippen LogP contribution in [0.15, 0.2) is 12.1 Å². The maximum absolute atomic E-state index is 12.4. The molecule has 114 valence electrons. The van der Waals surface area contributed by atoms with Crippen LogP contribution in [0.25, 0.3) is 0 Å². The Labute approximate surface area is 131 Å². The molecule has 0 aromatic carbocycles. The number of thiophene rings is 1. The number of aliphatic carboxylic acids is 1. The molecule has 1 amide bonds. The molecule has 1 N–H and O–H groups in total. The molecule has 0 bridgehead atoms. The van der Waals surface area contributed by atoms with Crippen LogP contribution in [0.3, 0.4) is 0 Å². The Kier molecular flexibility index (Phi) is 3.94. The third-order valence-corrected chi connectivity index (χ3v) is 5.67. The average molecular weight is 330 g/mol. The van der Waals surface area contributed by atoms with Gasteiger partial charge in [0.25, 0.3) is 0 Å². The Bertz CT molecular complexity index is 575. The Morgan fingerprint density at radius 1 is 1.52 bits per heavy atom. The zero-order chi connectivity index (χ0) is 15.0. The first-order chi connectivity index (χ1) is 10.0. The van der Waals surface area contributed by atoms with E-state index in [1.807, 2.05) is 6.07 Å². The van der Waals surface area contributed by atoms with Gasteiger partial charge in [0, 0.05) is 30.5 Å². The molecule has 0 saturated carbocycles. The van der Waals surface area contributed by atoms with E-state index in [-0.39, 0.29) is 24.8 Å². The number of amides is 1. The lowest BCUT2D eigenvalue weighted by Crippen LogP contribution is -2.45. The highest BCUT2D eigenvalue weighted by molar-refractivity contribution is 7.16. The van der Waals surface area contributed by atoms with Gasteiger partial charge in [0.05, 0.1) is 22.8 Å². The molecule has 2 saturated heterocycles. The van der Waals surface area contributed by atoms with Gasteiger partial charge in [-0.3, -0.25) is 9.59 Å². The number of carbonyl (C=O) groups is 2. The minimum atomic E-state index is -0.832. The lowest BCUT2D eigenvalue weighted by molar-refractivity contribution is -0.157. The van der Waals surface area contributed by atoms with Crippen LogP contribution in [0.1, 0.15) is 11.3 Å². The molecule has 7 heteroatoms. The number of nitrogens with zero attached hydrogens (tertiary/aromatic N) is 1. The van der Waals surface area contributed by atoms with Crippen molar-refractivity contribution in [1.29, 1.82) is 0 Å². The summed E-state index contributed by atoms with van der Waals surface area (Å²) in [5, 5.41) is 9.58. The molecule has 2 fully saturated rings. The summed E-state index contributed by atoms with van der Waals surface area (Å²) in [5.74, 6) is -0.964. The van der Waals surface area contributed by atoms with E-state index in [9.17, 15) is 14.7 Å². The molecule has 2 aliphatic rings. The third kappa shape index (κ3) is 2.67. The predicted octanol–water partition coefficient (Wildman–Crippen LogP) is 1.89. The van der Waals surface area contributed by atoms with Crippen molar-refractivity contribution < 1.29 is 19.4 Å². The summed E-state index contributed by atoms with van der Waals surface area (Å²) in [7, 11) is 0. The summed E-state index contributed by atoms with van der Waals surface area (Å²) < 4.78 is 6.05.